The van der Waals surface area contributed by atoms with Crippen LogP contribution >= 0.6 is 23.3 Å². The number of amides is 2. The number of nitrogens with zero attached hydrogens (tertiary/aromatic N) is 2. The van der Waals surface area contributed by atoms with Gasteiger partial charge in [-0.25, -0.2) is 13.8 Å². The van der Waals surface area contributed by atoms with Crippen molar-refractivity contribution < 1.29 is 18.4 Å². The quantitative estimate of drug-likeness (QED) is 0.308. The summed E-state index contributed by atoms with van der Waals surface area (Å²) >= 11 is 2.80. The van der Waals surface area contributed by atoms with Gasteiger partial charge < -0.3 is 10.2 Å². The number of thiazole rings is 1. The highest BCUT2D eigenvalue weighted by Gasteiger charge is 2.43. The second-order valence-electron chi connectivity index (χ2n) is 7.42. The third-order valence-electron chi connectivity index (χ3n) is 4.69. The number of alkyl halides is 2. The maximum atomic E-state index is 11.9. The van der Waals surface area contributed by atoms with Crippen LogP contribution in [0.2, 0.25) is 0 Å². The van der Waals surface area contributed by atoms with Gasteiger partial charge in [-0.1, -0.05) is 47.8 Å². The largest absolute Gasteiger partial charge is 0.355 e. The number of hydrogen-bond donors (Lipinski definition) is 2. The smallest absolute Gasteiger partial charge is 0.282 e. The van der Waals surface area contributed by atoms with Crippen molar-refractivity contribution >= 4 is 45.8 Å². The molecule has 0 spiro atoms. The van der Waals surface area contributed by atoms with Crippen molar-refractivity contribution in [2.45, 2.75) is 19.3 Å². The normalized spacial score (nSPS) is 14.3. The van der Waals surface area contributed by atoms with Gasteiger partial charge in [0.25, 0.3) is 5.92 Å². The lowest BCUT2D eigenvalue weighted by atomic mass is 10.0. The predicted molar refractivity (Wildman–Crippen MR) is 126 cm³/mol. The summed E-state index contributed by atoms with van der Waals surface area (Å²) in [5.74, 6) is -1.91. The monoisotopic (exact) mass is 478 g/mol. The molecule has 3 N–H and O–H groups in total. The first-order valence-corrected chi connectivity index (χ1v) is 11.8. The van der Waals surface area contributed by atoms with Crippen molar-refractivity contribution in [3.8, 4) is 11.1 Å². The van der Waals surface area contributed by atoms with E-state index < -0.39 is 19.0 Å². The summed E-state index contributed by atoms with van der Waals surface area (Å²) in [5.41, 5.74) is 4.55. The fourth-order valence-corrected chi connectivity index (χ4v) is 4.27. The molecular weight excluding hydrogens is 454 g/mol. The molecule has 3 aromatic rings. The number of carbonyl (C=O) groups is 2. The molecule has 2 aromatic carbocycles. The van der Waals surface area contributed by atoms with Gasteiger partial charge in [0.05, 0.1) is 29.7 Å². The lowest BCUT2D eigenvalue weighted by Crippen LogP contribution is -2.55. The number of nitrogens with two attached hydrogens (primary N) is 1. The Balaban J connectivity index is 0.000000305. The molecule has 1 saturated heterocycles. The molecule has 0 atom stereocenters. The van der Waals surface area contributed by atoms with E-state index in [1.807, 2.05) is 6.07 Å². The minimum Gasteiger partial charge on any atom is -0.355 e. The molecule has 170 valence electrons. The number of fused-ring (bicyclic) bond motifs is 1. The zero-order valence-electron chi connectivity index (χ0n) is 17.5. The van der Waals surface area contributed by atoms with Crippen molar-refractivity contribution in [3.05, 3.63) is 53.0 Å². The van der Waals surface area contributed by atoms with Crippen LogP contribution in [0.3, 0.4) is 0 Å². The first-order chi connectivity index (χ1) is 15.3. The zero-order valence-corrected chi connectivity index (χ0v) is 19.1. The Hall–Kier alpha value is -2.56. The molecule has 10 heteroatoms. The van der Waals surface area contributed by atoms with Crippen LogP contribution in [-0.2, 0) is 16.0 Å². The number of aryl methyl sites for hydroxylation is 1. The summed E-state index contributed by atoms with van der Waals surface area (Å²) in [7, 11) is 0. The standard InChI is InChI=1S/C18H19N3OS2.C4H5F2NO/c1-12-2-4-13(5-3-12)14-6-7-15-16(10-14)24-18(21-15)11-17(22)20-8-9-23-19;5-4(6)1-7(2-4)3-8/h2-7,10H,8-9,11,19H2,1H3,(H,20,22);3H,1-2H2. The number of halogens is 2. The third-order valence-corrected chi connectivity index (χ3v) is 6.15. The van der Waals surface area contributed by atoms with Crippen LogP contribution in [0.15, 0.2) is 42.5 Å². The van der Waals surface area contributed by atoms with Gasteiger partial charge in [-0.15, -0.1) is 11.3 Å². The van der Waals surface area contributed by atoms with E-state index >= 15 is 0 Å². The van der Waals surface area contributed by atoms with Crippen LogP contribution in [0.4, 0.5) is 8.78 Å². The Labute approximate surface area is 193 Å². The highest BCUT2D eigenvalue weighted by molar-refractivity contribution is 7.97. The Morgan fingerprint density at radius 3 is 2.53 bits per heavy atom. The van der Waals surface area contributed by atoms with Gasteiger partial charge >= 0.3 is 0 Å². The van der Waals surface area contributed by atoms with Crippen LogP contribution in [0.1, 0.15) is 10.6 Å². The fourth-order valence-electron chi connectivity index (χ4n) is 3.05. The summed E-state index contributed by atoms with van der Waals surface area (Å²) in [4.78, 5) is 27.1. The molecule has 1 fully saturated rings. The second-order valence-corrected chi connectivity index (χ2v) is 9.28. The minimum atomic E-state index is -2.61. The van der Waals surface area contributed by atoms with E-state index in [4.69, 9.17) is 5.14 Å². The highest BCUT2D eigenvalue weighted by Crippen LogP contribution is 2.28. The number of likely N-dealkylation sites (tertiary alicyclic amines) is 1. The maximum absolute atomic E-state index is 11.9. The van der Waals surface area contributed by atoms with Gasteiger partial charge in [-0.2, -0.15) is 0 Å². The van der Waals surface area contributed by atoms with E-state index in [1.54, 1.807) is 11.3 Å². The predicted octanol–water partition coefficient (Wildman–Crippen LogP) is 3.63. The number of carbonyl (C=O) groups excluding carboxylic acids is 2. The Kier molecular flexibility index (Phi) is 8.16. The summed E-state index contributed by atoms with van der Waals surface area (Å²) < 4.78 is 24.7. The van der Waals surface area contributed by atoms with Crippen LogP contribution in [-0.4, -0.2) is 53.5 Å². The van der Waals surface area contributed by atoms with Crippen LogP contribution in [0, 0.1) is 6.92 Å². The van der Waals surface area contributed by atoms with Crippen LogP contribution < -0.4 is 10.5 Å². The average Bonchev–Trinajstić information content (AvgIpc) is 3.14. The van der Waals surface area contributed by atoms with Gasteiger partial charge in [0.2, 0.25) is 12.3 Å². The van der Waals surface area contributed by atoms with Gasteiger partial charge in [0.15, 0.2) is 0 Å². The van der Waals surface area contributed by atoms with Gasteiger partial charge in [-0.05, 0) is 30.2 Å². The molecular formula is C22H24F2N4O2S2. The SMILES string of the molecule is Cc1ccc(-c2ccc3nc(CC(=O)NCCSN)sc3c2)cc1.O=CN1CC(F)(F)C1. The molecule has 32 heavy (non-hydrogen) atoms. The van der Waals surface area contributed by atoms with E-state index in [1.165, 1.54) is 28.6 Å². The van der Waals surface area contributed by atoms with Crippen molar-refractivity contribution in [1.29, 1.82) is 0 Å². The molecule has 0 unspecified atom stereocenters. The molecule has 0 bridgehead atoms. The first kappa shape index (κ1) is 24.1. The van der Waals surface area contributed by atoms with Crippen LogP contribution in [0.5, 0.6) is 0 Å². The molecule has 0 aliphatic carbocycles. The topological polar surface area (TPSA) is 88.3 Å². The maximum Gasteiger partial charge on any atom is 0.282 e. The van der Waals surface area contributed by atoms with Gasteiger partial charge in [0.1, 0.15) is 5.01 Å². The third kappa shape index (κ3) is 6.72. The first-order valence-electron chi connectivity index (χ1n) is 9.92. The Morgan fingerprint density at radius 1 is 1.25 bits per heavy atom. The van der Waals surface area contributed by atoms with E-state index in [0.717, 1.165) is 20.1 Å². The minimum absolute atomic E-state index is 0.0122. The van der Waals surface area contributed by atoms with Crippen LogP contribution in [0.25, 0.3) is 21.3 Å². The van der Waals surface area contributed by atoms with Crippen molar-refractivity contribution in [2.24, 2.45) is 5.14 Å². The summed E-state index contributed by atoms with van der Waals surface area (Å²) in [6.45, 7) is 1.86. The van der Waals surface area contributed by atoms with Crippen molar-refractivity contribution in [3.63, 3.8) is 0 Å². The van der Waals surface area contributed by atoms with E-state index in [0.29, 0.717) is 25.1 Å². The number of benzene rings is 2. The molecule has 1 aliphatic heterocycles. The number of hydrogen-bond acceptors (Lipinski definition) is 6. The number of rotatable bonds is 7. The lowest BCUT2D eigenvalue weighted by molar-refractivity contribution is -0.153. The van der Waals surface area contributed by atoms with E-state index in [9.17, 15) is 18.4 Å². The van der Waals surface area contributed by atoms with Crippen molar-refractivity contribution in [1.82, 2.24) is 15.2 Å². The Bertz CT molecular complexity index is 1070. The fraction of sp³-hybridized carbons (Fsp3) is 0.318. The van der Waals surface area contributed by atoms with Gasteiger partial charge in [-0.3, -0.25) is 14.7 Å². The molecule has 0 saturated carbocycles. The summed E-state index contributed by atoms with van der Waals surface area (Å²) in [5, 5.41) is 9.03. The molecule has 2 heterocycles. The number of nitrogens with one attached hydrogen (secondary N) is 1. The molecule has 1 aliphatic rings. The highest BCUT2D eigenvalue weighted by atomic mass is 32.2. The molecule has 0 radical (unpaired) electrons. The molecule has 1 aromatic heterocycles. The lowest BCUT2D eigenvalue weighted by Gasteiger charge is -2.35. The summed E-state index contributed by atoms with van der Waals surface area (Å²) in [6, 6.07) is 14.7. The van der Waals surface area contributed by atoms with E-state index in [-0.39, 0.29) is 5.91 Å². The second kappa shape index (κ2) is 10.8. The number of aromatic nitrogens is 1. The van der Waals surface area contributed by atoms with Gasteiger partial charge in [0, 0.05) is 12.3 Å². The Morgan fingerprint density at radius 2 is 1.94 bits per heavy atom. The zero-order chi connectivity index (χ0) is 23.1. The van der Waals surface area contributed by atoms with Crippen molar-refractivity contribution in [2.75, 3.05) is 25.4 Å². The molecule has 4 rings (SSSR count). The molecule has 2 amide bonds. The average molecular weight is 479 g/mol. The molecule has 6 nitrogen and oxygen atoms in total. The summed E-state index contributed by atoms with van der Waals surface area (Å²) in [6.07, 6.45) is 0.742. The van der Waals surface area contributed by atoms with E-state index in [2.05, 4.69) is 53.6 Å².